The number of carbonyl (C=O) groups excluding carboxylic acids is 1. The van der Waals surface area contributed by atoms with Crippen molar-refractivity contribution < 1.29 is 4.79 Å². The van der Waals surface area contributed by atoms with E-state index in [0.717, 1.165) is 0 Å². The summed E-state index contributed by atoms with van der Waals surface area (Å²) in [5, 5.41) is 0. The molecule has 6 heavy (non-hydrogen) atoms. The summed E-state index contributed by atoms with van der Waals surface area (Å²) in [5.74, 6) is 0. The lowest BCUT2D eigenvalue weighted by Crippen LogP contribution is -1.99. The van der Waals surface area contributed by atoms with E-state index in [1.54, 1.807) is 0 Å². The molecule has 0 aromatic rings. The molecular formula is C4H11NO. The number of hydrogen-bond acceptors (Lipinski definition) is 2. The second kappa shape index (κ2) is 8.82. The lowest BCUT2D eigenvalue weighted by atomic mass is 11.0. The predicted octanol–water partition coefficient (Wildman–Crippen LogP) is -0.00710. The zero-order valence-corrected chi connectivity index (χ0v) is 4.56. The van der Waals surface area contributed by atoms with Gasteiger partial charge in [0.05, 0.1) is 0 Å². The normalized spacial score (nSPS) is 6.67. The fraction of sp³-hybridized carbons (Fsp3) is 0.750. The van der Waals surface area contributed by atoms with Crippen LogP contribution in [0.4, 0.5) is 0 Å². The molecule has 0 saturated carbocycles. The van der Waals surface area contributed by atoms with Crippen molar-refractivity contribution in [3.05, 3.63) is 0 Å². The minimum Gasteiger partial charge on any atom is -0.312 e. The first kappa shape index (κ1) is 9.16. The molecule has 0 radical (unpaired) electrons. The second-order valence-corrected chi connectivity index (χ2v) is 1.34. The average Bonchev–Trinajstić information content (AvgIpc) is 1.41. The monoisotopic (exact) mass is 89.1 g/mol. The molecule has 2 heteroatoms. The minimum absolute atomic E-state index is 2.00. The summed E-state index contributed by atoms with van der Waals surface area (Å²) >= 11 is 0. The van der Waals surface area contributed by atoms with Gasteiger partial charge >= 0.3 is 0 Å². The third kappa shape index (κ3) is 183. The van der Waals surface area contributed by atoms with Crippen LogP contribution in [0.5, 0.6) is 0 Å². The van der Waals surface area contributed by atoms with E-state index >= 15 is 0 Å². The van der Waals surface area contributed by atoms with E-state index in [1.165, 1.54) is 0 Å². The van der Waals surface area contributed by atoms with Gasteiger partial charge in [0, 0.05) is 0 Å². The van der Waals surface area contributed by atoms with Crippen LogP contribution < -0.4 is 0 Å². The molecule has 2 nitrogen and oxygen atoms in total. The first-order chi connectivity index (χ1) is 2.73. The topological polar surface area (TPSA) is 20.3 Å². The Morgan fingerprint density at radius 3 is 1.17 bits per heavy atom. The average molecular weight is 89.1 g/mol. The highest BCUT2D eigenvalue weighted by Gasteiger charge is 1.58. The van der Waals surface area contributed by atoms with Gasteiger partial charge in [-0.1, -0.05) is 0 Å². The first-order valence-electron chi connectivity index (χ1n) is 1.63. The van der Waals surface area contributed by atoms with Crippen LogP contribution in [0.15, 0.2) is 0 Å². The molecule has 0 N–H and O–H groups in total. The summed E-state index contributed by atoms with van der Waals surface area (Å²) in [6.45, 7) is 2.00. The number of rotatable bonds is 0. The Morgan fingerprint density at radius 1 is 1.17 bits per heavy atom. The minimum atomic E-state index is 2.00. The SMILES string of the molecule is C=O.CN(C)C. The number of nitrogens with zero attached hydrogens (tertiary/aromatic N) is 1. The molecule has 0 unspecified atom stereocenters. The molecule has 0 spiro atoms. The van der Waals surface area contributed by atoms with Crippen LogP contribution in [0.1, 0.15) is 0 Å². The molecule has 0 fully saturated rings. The van der Waals surface area contributed by atoms with Gasteiger partial charge in [0.2, 0.25) is 0 Å². The quantitative estimate of drug-likeness (QED) is 0.416. The zero-order valence-electron chi connectivity index (χ0n) is 4.56. The second-order valence-electron chi connectivity index (χ2n) is 1.34. The number of hydrogen-bond donors (Lipinski definition) is 0. The fourth-order valence-electron chi connectivity index (χ4n) is 0. The summed E-state index contributed by atoms with van der Waals surface area (Å²) in [5.41, 5.74) is 0. The van der Waals surface area contributed by atoms with Crippen molar-refractivity contribution in [2.24, 2.45) is 0 Å². The van der Waals surface area contributed by atoms with E-state index < -0.39 is 0 Å². The van der Waals surface area contributed by atoms with Crippen LogP contribution in [0.25, 0.3) is 0 Å². The Morgan fingerprint density at radius 2 is 1.17 bits per heavy atom. The molecular weight excluding hydrogens is 78.0 g/mol. The predicted molar refractivity (Wildman–Crippen MR) is 26.7 cm³/mol. The van der Waals surface area contributed by atoms with E-state index in [2.05, 4.69) is 0 Å². The van der Waals surface area contributed by atoms with Crippen LogP contribution in [-0.4, -0.2) is 32.8 Å². The lowest BCUT2D eigenvalue weighted by molar-refractivity contribution is -0.0979. The smallest absolute Gasteiger partial charge is 0.106 e. The third-order valence-electron chi connectivity index (χ3n) is 0. The summed E-state index contributed by atoms with van der Waals surface area (Å²) in [7, 11) is 6.00. The Bertz CT molecular complexity index is 18.8. The first-order valence-corrected chi connectivity index (χ1v) is 1.63. The Balaban J connectivity index is 0. The maximum absolute atomic E-state index is 8.00. The van der Waals surface area contributed by atoms with Gasteiger partial charge in [-0.2, -0.15) is 0 Å². The van der Waals surface area contributed by atoms with Crippen molar-refractivity contribution in [1.82, 2.24) is 4.90 Å². The molecule has 0 aliphatic carbocycles. The Hall–Kier alpha value is -0.370. The van der Waals surface area contributed by atoms with E-state index in [0.29, 0.717) is 0 Å². The van der Waals surface area contributed by atoms with Crippen molar-refractivity contribution in [3.8, 4) is 0 Å². The van der Waals surface area contributed by atoms with Crippen LogP contribution in [-0.2, 0) is 4.79 Å². The highest BCUT2D eigenvalue weighted by Crippen LogP contribution is 1.47. The standard InChI is InChI=1S/C3H9N.CH2O/c1-4(2)3;1-2/h1-3H3;1H2. The molecule has 38 valence electrons. The molecule has 0 rings (SSSR count). The van der Waals surface area contributed by atoms with E-state index in [9.17, 15) is 0 Å². The highest BCUT2D eigenvalue weighted by molar-refractivity contribution is 5.10. The van der Waals surface area contributed by atoms with E-state index in [-0.39, 0.29) is 0 Å². The van der Waals surface area contributed by atoms with Crippen LogP contribution in [0.2, 0.25) is 0 Å². The van der Waals surface area contributed by atoms with Gasteiger partial charge in [0.15, 0.2) is 0 Å². The molecule has 0 aliphatic heterocycles. The molecule has 0 aromatic carbocycles. The molecule has 0 heterocycles. The van der Waals surface area contributed by atoms with Crippen molar-refractivity contribution in [3.63, 3.8) is 0 Å². The van der Waals surface area contributed by atoms with Gasteiger partial charge in [0.1, 0.15) is 6.79 Å². The van der Waals surface area contributed by atoms with Gasteiger partial charge in [-0.3, -0.25) is 0 Å². The molecule has 0 aromatic heterocycles. The lowest BCUT2D eigenvalue weighted by Gasteiger charge is -1.90. The van der Waals surface area contributed by atoms with Crippen molar-refractivity contribution in [2.45, 2.75) is 0 Å². The maximum Gasteiger partial charge on any atom is 0.106 e. The van der Waals surface area contributed by atoms with Gasteiger partial charge in [-0.15, -0.1) is 0 Å². The molecule has 0 saturated heterocycles. The summed E-state index contributed by atoms with van der Waals surface area (Å²) < 4.78 is 0. The molecule has 0 amide bonds. The van der Waals surface area contributed by atoms with Crippen molar-refractivity contribution in [1.29, 1.82) is 0 Å². The summed E-state index contributed by atoms with van der Waals surface area (Å²) in [6.07, 6.45) is 0. The fourth-order valence-corrected chi connectivity index (χ4v) is 0. The van der Waals surface area contributed by atoms with Crippen LogP contribution >= 0.6 is 0 Å². The molecule has 0 aliphatic rings. The van der Waals surface area contributed by atoms with Crippen LogP contribution in [0.3, 0.4) is 0 Å². The largest absolute Gasteiger partial charge is 0.312 e. The van der Waals surface area contributed by atoms with Gasteiger partial charge in [-0.25, -0.2) is 0 Å². The zero-order chi connectivity index (χ0) is 5.58. The van der Waals surface area contributed by atoms with Crippen LogP contribution in [0, 0.1) is 0 Å². The van der Waals surface area contributed by atoms with Crippen molar-refractivity contribution in [2.75, 3.05) is 21.1 Å². The van der Waals surface area contributed by atoms with Crippen molar-refractivity contribution >= 4 is 6.79 Å². The highest BCUT2D eigenvalue weighted by atomic mass is 16.1. The Labute approximate surface area is 38.8 Å². The maximum atomic E-state index is 8.00. The Kier molecular flexibility index (Phi) is 13.5. The molecule has 0 bridgehead atoms. The van der Waals surface area contributed by atoms with E-state index in [4.69, 9.17) is 4.79 Å². The van der Waals surface area contributed by atoms with E-state index in [1.807, 2.05) is 32.8 Å². The third-order valence-corrected chi connectivity index (χ3v) is 0. The van der Waals surface area contributed by atoms with Gasteiger partial charge in [-0.05, 0) is 21.1 Å². The van der Waals surface area contributed by atoms with Gasteiger partial charge in [0.25, 0.3) is 0 Å². The summed E-state index contributed by atoms with van der Waals surface area (Å²) in [6, 6.07) is 0. The summed E-state index contributed by atoms with van der Waals surface area (Å²) in [4.78, 5) is 10.0. The molecule has 0 atom stereocenters. The number of carbonyl (C=O) groups is 1. The van der Waals surface area contributed by atoms with Gasteiger partial charge < -0.3 is 9.69 Å².